The summed E-state index contributed by atoms with van der Waals surface area (Å²) >= 11 is 0. The van der Waals surface area contributed by atoms with E-state index in [4.69, 9.17) is 4.74 Å². The van der Waals surface area contributed by atoms with Gasteiger partial charge in [0.1, 0.15) is 5.76 Å². The molecule has 0 spiro atoms. The normalized spacial score (nSPS) is 13.5. The first-order chi connectivity index (χ1) is 6.99. The van der Waals surface area contributed by atoms with Crippen LogP contribution in [-0.4, -0.2) is 12.8 Å². The lowest BCUT2D eigenvalue weighted by Gasteiger charge is -2.08. The highest BCUT2D eigenvalue weighted by Gasteiger charge is 2.25. The van der Waals surface area contributed by atoms with Gasteiger partial charge in [-0.2, -0.15) is 13.2 Å². The molecule has 0 unspecified atom stereocenters. The van der Waals surface area contributed by atoms with E-state index in [-0.39, 0.29) is 13.0 Å². The molecule has 0 amide bonds. The summed E-state index contributed by atoms with van der Waals surface area (Å²) in [6.07, 6.45) is 1.41. The molecule has 0 N–H and O–H groups in total. The fourth-order valence-electron chi connectivity index (χ4n) is 0.924. The maximum atomic E-state index is 11.8. The number of allylic oxidation sites excluding steroid dienone is 3. The van der Waals surface area contributed by atoms with Gasteiger partial charge in [-0.15, -0.1) is 0 Å². The zero-order chi connectivity index (χ0) is 11.7. The van der Waals surface area contributed by atoms with Crippen molar-refractivity contribution in [1.29, 1.82) is 0 Å². The zero-order valence-corrected chi connectivity index (χ0v) is 9.10. The van der Waals surface area contributed by atoms with Gasteiger partial charge >= 0.3 is 6.18 Å². The summed E-state index contributed by atoms with van der Waals surface area (Å²) in [5, 5.41) is 0. The van der Waals surface area contributed by atoms with Gasteiger partial charge in [0.2, 0.25) is 0 Å². The molecule has 0 saturated heterocycles. The quantitative estimate of drug-likeness (QED) is 0.371. The highest BCUT2D eigenvalue weighted by Crippen LogP contribution is 2.21. The summed E-state index contributed by atoms with van der Waals surface area (Å²) < 4.78 is 40.5. The number of halogens is 3. The molecule has 0 bridgehead atoms. The summed E-state index contributed by atoms with van der Waals surface area (Å²) in [4.78, 5) is 0. The average Bonchev–Trinajstić information content (AvgIpc) is 2.15. The van der Waals surface area contributed by atoms with Gasteiger partial charge in [0.15, 0.2) is 0 Å². The minimum absolute atomic E-state index is 0.000799. The maximum Gasteiger partial charge on any atom is 0.389 e. The number of hydrogen-bond donors (Lipinski definition) is 0. The molecule has 0 aromatic rings. The van der Waals surface area contributed by atoms with Crippen LogP contribution in [0.3, 0.4) is 0 Å². The van der Waals surface area contributed by atoms with Crippen LogP contribution in [0.2, 0.25) is 0 Å². The van der Waals surface area contributed by atoms with E-state index in [0.29, 0.717) is 5.76 Å². The van der Waals surface area contributed by atoms with Crippen LogP contribution in [0, 0.1) is 0 Å². The topological polar surface area (TPSA) is 9.23 Å². The van der Waals surface area contributed by atoms with Crippen molar-refractivity contribution in [3.05, 3.63) is 24.0 Å². The van der Waals surface area contributed by atoms with Crippen LogP contribution >= 0.6 is 0 Å². The molecule has 0 fully saturated rings. The first kappa shape index (κ1) is 14.1. The fourth-order valence-corrected chi connectivity index (χ4v) is 0.924. The number of ether oxygens (including phenoxy) is 1. The Morgan fingerprint density at radius 3 is 2.47 bits per heavy atom. The van der Waals surface area contributed by atoms with Gasteiger partial charge in [-0.3, -0.25) is 0 Å². The molecule has 15 heavy (non-hydrogen) atoms. The molecule has 1 nitrogen and oxygen atoms in total. The van der Waals surface area contributed by atoms with Gasteiger partial charge in [0.25, 0.3) is 0 Å². The Morgan fingerprint density at radius 1 is 1.33 bits per heavy atom. The third-order valence-electron chi connectivity index (χ3n) is 1.68. The molecule has 0 aliphatic rings. The smallest absolute Gasteiger partial charge is 0.389 e. The molecule has 4 heteroatoms. The SMILES string of the molecule is C/C=C(\C=C/CC)OCCCC(F)(F)F. The maximum absolute atomic E-state index is 11.8. The highest BCUT2D eigenvalue weighted by molar-refractivity contribution is 5.10. The van der Waals surface area contributed by atoms with E-state index in [1.807, 2.05) is 13.0 Å². The lowest BCUT2D eigenvalue weighted by molar-refractivity contribution is -0.137. The third kappa shape index (κ3) is 9.38. The van der Waals surface area contributed by atoms with E-state index in [9.17, 15) is 13.2 Å². The van der Waals surface area contributed by atoms with Gasteiger partial charge < -0.3 is 4.74 Å². The van der Waals surface area contributed by atoms with Gasteiger partial charge in [-0.25, -0.2) is 0 Å². The molecule has 0 radical (unpaired) electrons. The Morgan fingerprint density at radius 2 is 2.00 bits per heavy atom. The van der Waals surface area contributed by atoms with Crippen LogP contribution < -0.4 is 0 Å². The Bertz CT molecular complexity index is 216. The second-order valence-electron chi connectivity index (χ2n) is 3.07. The van der Waals surface area contributed by atoms with Crippen molar-refractivity contribution in [2.75, 3.05) is 6.61 Å². The lowest BCUT2D eigenvalue weighted by Crippen LogP contribution is -2.08. The third-order valence-corrected chi connectivity index (χ3v) is 1.68. The monoisotopic (exact) mass is 222 g/mol. The van der Waals surface area contributed by atoms with E-state index in [0.717, 1.165) is 6.42 Å². The molecule has 0 saturated carbocycles. The van der Waals surface area contributed by atoms with Crippen LogP contribution in [0.5, 0.6) is 0 Å². The van der Waals surface area contributed by atoms with Crippen LogP contribution in [0.15, 0.2) is 24.0 Å². The molecule has 88 valence electrons. The average molecular weight is 222 g/mol. The first-order valence-corrected chi connectivity index (χ1v) is 5.02. The predicted octanol–water partition coefficient (Wildman–Crippen LogP) is 4.22. The van der Waals surface area contributed by atoms with Crippen LogP contribution in [0.1, 0.15) is 33.1 Å². The second kappa shape index (κ2) is 7.37. The van der Waals surface area contributed by atoms with E-state index in [2.05, 4.69) is 0 Å². The number of rotatable bonds is 6. The van der Waals surface area contributed by atoms with Crippen molar-refractivity contribution in [1.82, 2.24) is 0 Å². The Hall–Kier alpha value is -0.930. The van der Waals surface area contributed by atoms with Crippen molar-refractivity contribution < 1.29 is 17.9 Å². The molecule has 0 heterocycles. The van der Waals surface area contributed by atoms with Crippen molar-refractivity contribution in [3.63, 3.8) is 0 Å². The predicted molar refractivity (Wildman–Crippen MR) is 54.4 cm³/mol. The summed E-state index contributed by atoms with van der Waals surface area (Å²) in [6.45, 7) is 3.87. The minimum Gasteiger partial charge on any atom is -0.494 e. The van der Waals surface area contributed by atoms with E-state index in [1.54, 1.807) is 19.1 Å². The molecular weight excluding hydrogens is 205 g/mol. The number of hydrogen-bond acceptors (Lipinski definition) is 1. The molecule has 0 aliphatic carbocycles. The van der Waals surface area contributed by atoms with Crippen molar-refractivity contribution in [2.45, 2.75) is 39.3 Å². The Labute approximate surface area is 88.6 Å². The lowest BCUT2D eigenvalue weighted by atomic mass is 10.3. The molecule has 0 aliphatic heterocycles. The summed E-state index contributed by atoms with van der Waals surface area (Å²) in [5.74, 6) is 0.624. The van der Waals surface area contributed by atoms with Crippen LogP contribution in [-0.2, 0) is 4.74 Å². The highest BCUT2D eigenvalue weighted by atomic mass is 19.4. The van der Waals surface area contributed by atoms with Gasteiger partial charge in [0, 0.05) is 6.42 Å². The standard InChI is InChI=1S/C11H17F3O/c1-3-5-7-10(4-2)15-9-6-8-11(12,13)14/h4-5,7H,3,6,8-9H2,1-2H3/b7-5-,10-4+. The number of alkyl halides is 3. The summed E-state index contributed by atoms with van der Waals surface area (Å²) in [7, 11) is 0. The molecule has 0 aromatic heterocycles. The molecule has 0 rings (SSSR count). The molecular formula is C11H17F3O. The Kier molecular flexibility index (Phi) is 6.92. The van der Waals surface area contributed by atoms with Crippen molar-refractivity contribution >= 4 is 0 Å². The second-order valence-corrected chi connectivity index (χ2v) is 3.07. The van der Waals surface area contributed by atoms with E-state index < -0.39 is 12.6 Å². The van der Waals surface area contributed by atoms with Gasteiger partial charge in [-0.1, -0.05) is 13.0 Å². The fraction of sp³-hybridized carbons (Fsp3) is 0.636. The first-order valence-electron chi connectivity index (χ1n) is 5.02. The molecule has 0 aromatic carbocycles. The zero-order valence-electron chi connectivity index (χ0n) is 9.10. The van der Waals surface area contributed by atoms with Gasteiger partial charge in [-0.05, 0) is 31.9 Å². The summed E-state index contributed by atoms with van der Waals surface area (Å²) in [6, 6.07) is 0. The van der Waals surface area contributed by atoms with Crippen molar-refractivity contribution in [2.24, 2.45) is 0 Å². The minimum atomic E-state index is -4.08. The van der Waals surface area contributed by atoms with Crippen LogP contribution in [0.25, 0.3) is 0 Å². The summed E-state index contributed by atoms with van der Waals surface area (Å²) in [5.41, 5.74) is 0. The molecule has 0 atom stereocenters. The Balaban J connectivity index is 3.70. The van der Waals surface area contributed by atoms with Crippen molar-refractivity contribution in [3.8, 4) is 0 Å². The largest absolute Gasteiger partial charge is 0.494 e. The van der Waals surface area contributed by atoms with Gasteiger partial charge in [0.05, 0.1) is 6.61 Å². The van der Waals surface area contributed by atoms with E-state index >= 15 is 0 Å². The van der Waals surface area contributed by atoms with E-state index in [1.165, 1.54) is 0 Å². The van der Waals surface area contributed by atoms with Crippen LogP contribution in [0.4, 0.5) is 13.2 Å².